The smallest absolute Gasteiger partial charge is 0.269 e. The molecule has 1 N–H and O–H groups in total. The number of halogens is 1. The Morgan fingerprint density at radius 1 is 1.14 bits per heavy atom. The lowest BCUT2D eigenvalue weighted by atomic mass is 10.2. The van der Waals surface area contributed by atoms with Gasteiger partial charge in [-0.15, -0.1) is 0 Å². The highest BCUT2D eigenvalue weighted by atomic mass is 35.5. The van der Waals surface area contributed by atoms with Gasteiger partial charge in [0.2, 0.25) is 0 Å². The van der Waals surface area contributed by atoms with Crippen molar-refractivity contribution in [2.45, 2.75) is 0 Å². The fraction of sp³-hybridized carbons (Fsp3) is 0.133. The van der Waals surface area contributed by atoms with E-state index in [0.29, 0.717) is 29.5 Å². The van der Waals surface area contributed by atoms with Gasteiger partial charge in [0.05, 0.1) is 11.5 Å². The van der Waals surface area contributed by atoms with Crippen LogP contribution < -0.4 is 10.1 Å². The molecule has 1 amide bonds. The third-order valence-electron chi connectivity index (χ3n) is 2.81. The number of carbonyl (C=O) groups is 1. The van der Waals surface area contributed by atoms with Gasteiger partial charge in [-0.1, -0.05) is 11.6 Å². The van der Waals surface area contributed by atoms with Crippen molar-refractivity contribution in [1.82, 2.24) is 5.32 Å². The highest BCUT2D eigenvalue weighted by Crippen LogP contribution is 2.15. The topological polar surface area (TPSA) is 81.5 Å². The van der Waals surface area contributed by atoms with Gasteiger partial charge in [0.25, 0.3) is 11.6 Å². The van der Waals surface area contributed by atoms with Crippen LogP contribution >= 0.6 is 11.6 Å². The quantitative estimate of drug-likeness (QED) is 0.504. The van der Waals surface area contributed by atoms with Crippen LogP contribution in [0.3, 0.4) is 0 Å². The second-order valence-corrected chi connectivity index (χ2v) is 4.80. The van der Waals surface area contributed by atoms with Gasteiger partial charge >= 0.3 is 0 Å². The van der Waals surface area contributed by atoms with Gasteiger partial charge in [0, 0.05) is 22.7 Å². The minimum Gasteiger partial charge on any atom is -0.492 e. The Labute approximate surface area is 131 Å². The lowest BCUT2D eigenvalue weighted by Crippen LogP contribution is -2.28. The van der Waals surface area contributed by atoms with Crippen LogP contribution in [0.4, 0.5) is 5.69 Å². The second-order valence-electron chi connectivity index (χ2n) is 4.36. The van der Waals surface area contributed by atoms with Crippen molar-refractivity contribution in [3.8, 4) is 5.75 Å². The Morgan fingerprint density at radius 2 is 1.77 bits per heavy atom. The first-order valence-electron chi connectivity index (χ1n) is 6.47. The highest BCUT2D eigenvalue weighted by Gasteiger charge is 2.08. The molecule has 0 aromatic heterocycles. The van der Waals surface area contributed by atoms with Crippen LogP contribution in [-0.2, 0) is 0 Å². The Balaban J connectivity index is 1.77. The van der Waals surface area contributed by atoms with Crippen molar-refractivity contribution in [1.29, 1.82) is 0 Å². The minimum atomic E-state index is -0.512. The molecule has 0 radical (unpaired) electrons. The molecule has 0 unspecified atom stereocenters. The molecule has 2 aromatic rings. The molecule has 0 aliphatic rings. The van der Waals surface area contributed by atoms with Gasteiger partial charge in [0.1, 0.15) is 12.4 Å². The first-order valence-corrected chi connectivity index (χ1v) is 6.85. The molecule has 0 aliphatic heterocycles. The number of hydrogen-bond donors (Lipinski definition) is 1. The average Bonchev–Trinajstić information content (AvgIpc) is 2.53. The molecule has 2 aromatic carbocycles. The lowest BCUT2D eigenvalue weighted by molar-refractivity contribution is -0.384. The van der Waals surface area contributed by atoms with Gasteiger partial charge in [-0.2, -0.15) is 0 Å². The fourth-order valence-corrected chi connectivity index (χ4v) is 1.83. The molecule has 22 heavy (non-hydrogen) atoms. The van der Waals surface area contributed by atoms with E-state index in [1.165, 1.54) is 24.3 Å². The summed E-state index contributed by atoms with van der Waals surface area (Å²) in [7, 11) is 0. The monoisotopic (exact) mass is 320 g/mol. The van der Waals surface area contributed by atoms with Gasteiger partial charge in [-0.3, -0.25) is 14.9 Å². The molecule has 7 heteroatoms. The predicted molar refractivity (Wildman–Crippen MR) is 82.4 cm³/mol. The molecule has 114 valence electrons. The maximum atomic E-state index is 11.8. The number of nitrogens with zero attached hydrogens (tertiary/aromatic N) is 1. The summed E-state index contributed by atoms with van der Waals surface area (Å²) in [6.07, 6.45) is 0. The van der Waals surface area contributed by atoms with E-state index >= 15 is 0 Å². The summed E-state index contributed by atoms with van der Waals surface area (Å²) in [6.45, 7) is 0.624. The van der Waals surface area contributed by atoms with E-state index in [1.54, 1.807) is 24.3 Å². The van der Waals surface area contributed by atoms with E-state index in [0.717, 1.165) is 0 Å². The number of carbonyl (C=O) groups excluding carboxylic acids is 1. The van der Waals surface area contributed by atoms with Crippen LogP contribution in [0.5, 0.6) is 5.75 Å². The number of ether oxygens (including phenoxy) is 1. The number of benzene rings is 2. The zero-order valence-electron chi connectivity index (χ0n) is 11.5. The molecule has 2 rings (SSSR count). The number of nitro benzene ring substituents is 1. The first kappa shape index (κ1) is 15.8. The summed E-state index contributed by atoms with van der Waals surface area (Å²) in [5.74, 6) is 0.351. The molecule has 0 saturated carbocycles. The van der Waals surface area contributed by atoms with Gasteiger partial charge in [-0.05, 0) is 36.4 Å². The van der Waals surface area contributed by atoms with Gasteiger partial charge in [-0.25, -0.2) is 0 Å². The summed E-state index contributed by atoms with van der Waals surface area (Å²) in [5, 5.41) is 13.8. The summed E-state index contributed by atoms with van der Waals surface area (Å²) >= 11 is 5.76. The molecule has 0 saturated heterocycles. The molecule has 0 heterocycles. The van der Waals surface area contributed by atoms with Crippen LogP contribution in [0.1, 0.15) is 10.4 Å². The zero-order chi connectivity index (χ0) is 15.9. The Bertz CT molecular complexity index is 656. The molecular formula is C15H13ClN2O4. The standard InChI is InChI=1S/C15H13ClN2O4/c16-12-3-7-14(8-4-12)22-10-9-17-15(19)11-1-5-13(6-2-11)18(20)21/h1-8H,9-10H2,(H,17,19). The van der Waals surface area contributed by atoms with E-state index in [9.17, 15) is 14.9 Å². The zero-order valence-corrected chi connectivity index (χ0v) is 12.2. The third kappa shape index (κ3) is 4.46. The number of hydrogen-bond acceptors (Lipinski definition) is 4. The van der Waals surface area contributed by atoms with E-state index in [2.05, 4.69) is 5.32 Å². The lowest BCUT2D eigenvalue weighted by Gasteiger charge is -2.07. The first-order chi connectivity index (χ1) is 10.6. The molecular weight excluding hydrogens is 308 g/mol. The number of amides is 1. The fourth-order valence-electron chi connectivity index (χ4n) is 1.70. The SMILES string of the molecule is O=C(NCCOc1ccc(Cl)cc1)c1ccc([N+](=O)[O-])cc1. The van der Waals surface area contributed by atoms with E-state index in [4.69, 9.17) is 16.3 Å². The largest absolute Gasteiger partial charge is 0.492 e. The maximum Gasteiger partial charge on any atom is 0.269 e. The second kappa shape index (κ2) is 7.42. The van der Waals surface area contributed by atoms with Crippen LogP contribution in [0.25, 0.3) is 0 Å². The van der Waals surface area contributed by atoms with Crippen molar-refractivity contribution >= 4 is 23.2 Å². The van der Waals surface area contributed by atoms with Crippen molar-refractivity contribution in [2.75, 3.05) is 13.2 Å². The van der Waals surface area contributed by atoms with Crippen LogP contribution in [0, 0.1) is 10.1 Å². The van der Waals surface area contributed by atoms with Gasteiger partial charge < -0.3 is 10.1 Å². The summed E-state index contributed by atoms with van der Waals surface area (Å²) < 4.78 is 5.44. The average molecular weight is 321 g/mol. The van der Waals surface area contributed by atoms with Crippen molar-refractivity contribution in [3.63, 3.8) is 0 Å². The molecule has 0 fully saturated rings. The van der Waals surface area contributed by atoms with Crippen LogP contribution in [0.15, 0.2) is 48.5 Å². The van der Waals surface area contributed by atoms with E-state index < -0.39 is 4.92 Å². The van der Waals surface area contributed by atoms with E-state index in [-0.39, 0.29) is 11.6 Å². The van der Waals surface area contributed by atoms with Crippen LogP contribution in [-0.4, -0.2) is 24.0 Å². The van der Waals surface area contributed by atoms with Crippen LogP contribution in [0.2, 0.25) is 5.02 Å². The summed E-state index contributed by atoms with van der Waals surface area (Å²) in [5.41, 5.74) is 0.305. The molecule has 0 bridgehead atoms. The van der Waals surface area contributed by atoms with E-state index in [1.807, 2.05) is 0 Å². The number of nitro groups is 1. The maximum absolute atomic E-state index is 11.8. The van der Waals surface area contributed by atoms with Crippen molar-refractivity contribution in [3.05, 3.63) is 69.2 Å². The number of non-ortho nitro benzene ring substituents is 1. The van der Waals surface area contributed by atoms with Crippen molar-refractivity contribution < 1.29 is 14.5 Å². The highest BCUT2D eigenvalue weighted by molar-refractivity contribution is 6.30. The normalized spacial score (nSPS) is 10.0. The predicted octanol–water partition coefficient (Wildman–Crippen LogP) is 3.06. The summed E-state index contributed by atoms with van der Waals surface area (Å²) in [6, 6.07) is 12.3. The molecule has 0 spiro atoms. The Hall–Kier alpha value is -2.60. The molecule has 6 nitrogen and oxygen atoms in total. The van der Waals surface area contributed by atoms with Crippen molar-refractivity contribution in [2.24, 2.45) is 0 Å². The third-order valence-corrected chi connectivity index (χ3v) is 3.06. The molecule has 0 atom stereocenters. The number of nitrogens with one attached hydrogen (secondary N) is 1. The minimum absolute atomic E-state index is 0.0531. The Morgan fingerprint density at radius 3 is 2.36 bits per heavy atom. The van der Waals surface area contributed by atoms with Gasteiger partial charge in [0.15, 0.2) is 0 Å². The Kier molecular flexibility index (Phi) is 5.32. The number of rotatable bonds is 6. The summed E-state index contributed by atoms with van der Waals surface area (Å²) in [4.78, 5) is 21.8. The molecule has 0 aliphatic carbocycles.